The Morgan fingerprint density at radius 3 is 2.28 bits per heavy atom. The molecule has 0 aliphatic heterocycles. The van der Waals surface area contributed by atoms with Gasteiger partial charge >= 0.3 is 0 Å². The topological polar surface area (TPSA) is 29.5 Å². The van der Waals surface area contributed by atoms with Gasteiger partial charge in [0.1, 0.15) is 5.75 Å². The van der Waals surface area contributed by atoms with Gasteiger partial charge in [-0.3, -0.25) is 0 Å². The summed E-state index contributed by atoms with van der Waals surface area (Å²) in [5, 5.41) is 10.7. The van der Waals surface area contributed by atoms with Gasteiger partial charge in [-0.25, -0.2) is 0 Å². The summed E-state index contributed by atoms with van der Waals surface area (Å²) in [7, 11) is 1.69. The molecule has 0 saturated heterocycles. The SMILES string of the molecule is CCCC(O)(CCC)Cc1cc(C)ccc1OC. The molecule has 0 radical (unpaired) electrons. The second-order valence-electron chi connectivity index (χ2n) is 5.22. The van der Waals surface area contributed by atoms with E-state index >= 15 is 0 Å². The van der Waals surface area contributed by atoms with Crippen molar-refractivity contribution < 1.29 is 9.84 Å². The van der Waals surface area contributed by atoms with Crippen LogP contribution >= 0.6 is 0 Å². The van der Waals surface area contributed by atoms with Crippen molar-refractivity contribution in [2.45, 2.75) is 58.5 Å². The summed E-state index contributed by atoms with van der Waals surface area (Å²) in [6.45, 7) is 6.31. The molecule has 0 aliphatic rings. The maximum Gasteiger partial charge on any atom is 0.122 e. The van der Waals surface area contributed by atoms with Crippen molar-refractivity contribution in [3.8, 4) is 5.75 Å². The van der Waals surface area contributed by atoms with Crippen LogP contribution in [0.4, 0.5) is 0 Å². The van der Waals surface area contributed by atoms with Gasteiger partial charge in [0.25, 0.3) is 0 Å². The lowest BCUT2D eigenvalue weighted by Gasteiger charge is -2.28. The highest BCUT2D eigenvalue weighted by atomic mass is 16.5. The van der Waals surface area contributed by atoms with Crippen LogP contribution in [-0.4, -0.2) is 17.8 Å². The first kappa shape index (κ1) is 15.0. The Hall–Kier alpha value is -1.02. The van der Waals surface area contributed by atoms with Crippen LogP contribution in [0.5, 0.6) is 5.75 Å². The molecule has 0 heterocycles. The zero-order valence-corrected chi connectivity index (χ0v) is 12.1. The van der Waals surface area contributed by atoms with Crippen LogP contribution in [0.15, 0.2) is 18.2 Å². The van der Waals surface area contributed by atoms with Crippen molar-refractivity contribution in [3.05, 3.63) is 29.3 Å². The predicted octanol–water partition coefficient (Wildman–Crippen LogP) is 3.88. The van der Waals surface area contributed by atoms with Gasteiger partial charge in [-0.05, 0) is 31.4 Å². The van der Waals surface area contributed by atoms with Crippen molar-refractivity contribution in [3.63, 3.8) is 0 Å². The van der Waals surface area contributed by atoms with Gasteiger partial charge in [0.15, 0.2) is 0 Å². The standard InChI is InChI=1S/C16H26O2/c1-5-9-16(17,10-6-2)12-14-11-13(3)7-8-15(14)18-4/h7-8,11,17H,5-6,9-10,12H2,1-4H3. The summed E-state index contributed by atoms with van der Waals surface area (Å²) in [5.41, 5.74) is 1.73. The molecule has 2 nitrogen and oxygen atoms in total. The van der Waals surface area contributed by atoms with Gasteiger partial charge < -0.3 is 9.84 Å². The molecule has 0 unspecified atom stereocenters. The third kappa shape index (κ3) is 4.02. The smallest absolute Gasteiger partial charge is 0.122 e. The first-order chi connectivity index (χ1) is 8.54. The second-order valence-corrected chi connectivity index (χ2v) is 5.22. The fraction of sp³-hybridized carbons (Fsp3) is 0.625. The van der Waals surface area contributed by atoms with E-state index in [0.29, 0.717) is 6.42 Å². The van der Waals surface area contributed by atoms with Crippen LogP contribution in [0, 0.1) is 6.92 Å². The number of aliphatic hydroxyl groups is 1. The quantitative estimate of drug-likeness (QED) is 0.796. The molecule has 0 aromatic heterocycles. The van der Waals surface area contributed by atoms with E-state index in [-0.39, 0.29) is 0 Å². The van der Waals surface area contributed by atoms with Crippen LogP contribution < -0.4 is 4.74 Å². The Bertz CT molecular complexity index is 365. The second kappa shape index (κ2) is 6.79. The van der Waals surface area contributed by atoms with E-state index in [4.69, 9.17) is 4.74 Å². The summed E-state index contributed by atoms with van der Waals surface area (Å²) in [5.74, 6) is 0.881. The zero-order valence-electron chi connectivity index (χ0n) is 12.1. The monoisotopic (exact) mass is 250 g/mol. The Morgan fingerprint density at radius 1 is 1.17 bits per heavy atom. The highest BCUT2D eigenvalue weighted by molar-refractivity contribution is 5.37. The number of ether oxygens (including phenoxy) is 1. The van der Waals surface area contributed by atoms with Crippen LogP contribution in [0.1, 0.15) is 50.7 Å². The molecule has 102 valence electrons. The first-order valence-electron chi connectivity index (χ1n) is 6.90. The fourth-order valence-corrected chi connectivity index (χ4v) is 2.63. The molecular formula is C16H26O2. The lowest BCUT2D eigenvalue weighted by molar-refractivity contribution is 0.0211. The highest BCUT2D eigenvalue weighted by Gasteiger charge is 2.26. The van der Waals surface area contributed by atoms with Crippen molar-refractivity contribution in [1.82, 2.24) is 0 Å². The average Bonchev–Trinajstić information content (AvgIpc) is 2.29. The average molecular weight is 250 g/mol. The molecule has 0 bridgehead atoms. The van der Waals surface area contributed by atoms with Crippen LogP contribution in [-0.2, 0) is 6.42 Å². The van der Waals surface area contributed by atoms with Crippen molar-refractivity contribution in [2.24, 2.45) is 0 Å². The maximum atomic E-state index is 10.7. The van der Waals surface area contributed by atoms with Gasteiger partial charge in [-0.1, -0.05) is 44.4 Å². The molecule has 2 heteroatoms. The molecule has 1 aromatic carbocycles. The van der Waals surface area contributed by atoms with Crippen LogP contribution in [0.25, 0.3) is 0 Å². The molecule has 0 atom stereocenters. The number of aryl methyl sites for hydroxylation is 1. The Labute approximate surface area is 111 Å². The molecule has 0 aliphatic carbocycles. The minimum Gasteiger partial charge on any atom is -0.496 e. The molecule has 18 heavy (non-hydrogen) atoms. The predicted molar refractivity (Wildman–Crippen MR) is 76.2 cm³/mol. The third-order valence-electron chi connectivity index (χ3n) is 3.39. The fourth-order valence-electron chi connectivity index (χ4n) is 2.63. The first-order valence-corrected chi connectivity index (χ1v) is 6.90. The van der Waals surface area contributed by atoms with Crippen LogP contribution in [0.2, 0.25) is 0 Å². The Kier molecular flexibility index (Phi) is 5.67. The van der Waals surface area contributed by atoms with E-state index in [1.54, 1.807) is 7.11 Å². The van der Waals surface area contributed by atoms with E-state index in [0.717, 1.165) is 37.0 Å². The molecule has 0 amide bonds. The molecule has 1 aromatic rings. The van der Waals surface area contributed by atoms with Crippen LogP contribution in [0.3, 0.4) is 0 Å². The van der Waals surface area contributed by atoms with E-state index in [1.165, 1.54) is 5.56 Å². The number of benzene rings is 1. The van der Waals surface area contributed by atoms with Gasteiger partial charge in [0, 0.05) is 6.42 Å². The lowest BCUT2D eigenvalue weighted by Crippen LogP contribution is -2.31. The Morgan fingerprint density at radius 2 is 1.78 bits per heavy atom. The number of hydrogen-bond acceptors (Lipinski definition) is 2. The number of rotatable bonds is 7. The van der Waals surface area contributed by atoms with E-state index in [2.05, 4.69) is 26.8 Å². The molecule has 1 rings (SSSR count). The van der Waals surface area contributed by atoms with E-state index < -0.39 is 5.60 Å². The van der Waals surface area contributed by atoms with Gasteiger partial charge in [0.2, 0.25) is 0 Å². The van der Waals surface area contributed by atoms with Crippen molar-refractivity contribution in [1.29, 1.82) is 0 Å². The molecular weight excluding hydrogens is 224 g/mol. The van der Waals surface area contributed by atoms with E-state index in [1.807, 2.05) is 12.1 Å². The molecule has 0 saturated carbocycles. The summed E-state index contributed by atoms with van der Waals surface area (Å²) in [6.07, 6.45) is 4.38. The van der Waals surface area contributed by atoms with Gasteiger partial charge in [0.05, 0.1) is 12.7 Å². The Balaban J connectivity index is 2.95. The summed E-state index contributed by atoms with van der Waals surface area (Å²) in [4.78, 5) is 0. The largest absolute Gasteiger partial charge is 0.496 e. The third-order valence-corrected chi connectivity index (χ3v) is 3.39. The van der Waals surface area contributed by atoms with Gasteiger partial charge in [-0.15, -0.1) is 0 Å². The summed E-state index contributed by atoms with van der Waals surface area (Å²) >= 11 is 0. The zero-order chi connectivity index (χ0) is 13.6. The van der Waals surface area contributed by atoms with Crippen molar-refractivity contribution >= 4 is 0 Å². The summed E-state index contributed by atoms with van der Waals surface area (Å²) < 4.78 is 5.39. The van der Waals surface area contributed by atoms with Gasteiger partial charge in [-0.2, -0.15) is 0 Å². The van der Waals surface area contributed by atoms with Crippen molar-refractivity contribution in [2.75, 3.05) is 7.11 Å². The molecule has 1 N–H and O–H groups in total. The number of methoxy groups -OCH3 is 1. The summed E-state index contributed by atoms with van der Waals surface area (Å²) in [6, 6.07) is 6.15. The minimum atomic E-state index is -0.593. The maximum absolute atomic E-state index is 10.7. The number of hydrogen-bond donors (Lipinski definition) is 1. The minimum absolute atomic E-state index is 0.593. The highest BCUT2D eigenvalue weighted by Crippen LogP contribution is 2.29. The molecule has 0 fully saturated rings. The molecule has 0 spiro atoms. The normalized spacial score (nSPS) is 11.6. The van der Waals surface area contributed by atoms with E-state index in [9.17, 15) is 5.11 Å². The lowest BCUT2D eigenvalue weighted by atomic mass is 9.85.